The van der Waals surface area contributed by atoms with Crippen LogP contribution in [0.4, 0.5) is 0 Å². The Morgan fingerprint density at radius 2 is 2.00 bits per heavy atom. The zero-order chi connectivity index (χ0) is 10.8. The molecule has 0 fully saturated rings. The molecule has 1 aromatic carbocycles. The Kier molecular flexibility index (Phi) is 3.69. The molecule has 0 heterocycles. The van der Waals surface area contributed by atoms with Crippen molar-refractivity contribution in [3.63, 3.8) is 0 Å². The van der Waals surface area contributed by atoms with Gasteiger partial charge >= 0.3 is 0 Å². The highest BCUT2D eigenvalue weighted by molar-refractivity contribution is 9.10. The fraction of sp³-hybridized carbons (Fsp3) is 0.333. The molecule has 0 saturated heterocycles. The molecule has 0 aliphatic heterocycles. The van der Waals surface area contributed by atoms with Gasteiger partial charge in [0.15, 0.2) is 9.84 Å². The van der Waals surface area contributed by atoms with Crippen LogP contribution in [-0.2, 0) is 9.84 Å². The topological polar surface area (TPSA) is 54.4 Å². The second-order valence-corrected chi connectivity index (χ2v) is 6.03. The van der Waals surface area contributed by atoms with Crippen LogP contribution >= 0.6 is 15.9 Å². The van der Waals surface area contributed by atoms with Gasteiger partial charge in [-0.2, -0.15) is 0 Å². The maximum atomic E-state index is 11.6. The molecule has 0 aliphatic carbocycles. The summed E-state index contributed by atoms with van der Waals surface area (Å²) < 4.78 is 23.8. The molecule has 0 spiro atoms. The number of aryl methyl sites for hydroxylation is 1. The summed E-state index contributed by atoms with van der Waals surface area (Å²) in [5.74, 6) is -0.233. The van der Waals surface area contributed by atoms with E-state index in [9.17, 15) is 8.42 Å². The lowest BCUT2D eigenvalue weighted by Gasteiger charge is -2.04. The Hall–Kier alpha value is -0.390. The predicted molar refractivity (Wildman–Crippen MR) is 58.0 cm³/mol. The second kappa shape index (κ2) is 4.42. The molecule has 3 nitrogen and oxygen atoms in total. The molecule has 1 rings (SSSR count). The fourth-order valence-electron chi connectivity index (χ4n) is 1.12. The first kappa shape index (κ1) is 11.7. The van der Waals surface area contributed by atoms with E-state index in [1.54, 1.807) is 6.07 Å². The molecular formula is C9H11BrO3S. The maximum Gasteiger partial charge on any atom is 0.180 e. The molecule has 1 aromatic rings. The first-order chi connectivity index (χ1) is 6.45. The van der Waals surface area contributed by atoms with E-state index in [0.717, 1.165) is 10.0 Å². The van der Waals surface area contributed by atoms with Gasteiger partial charge in [-0.1, -0.05) is 15.9 Å². The minimum absolute atomic E-state index is 0.233. The first-order valence-corrected chi connectivity index (χ1v) is 6.51. The van der Waals surface area contributed by atoms with Gasteiger partial charge in [0.2, 0.25) is 0 Å². The van der Waals surface area contributed by atoms with Gasteiger partial charge in [0.1, 0.15) is 0 Å². The first-order valence-electron chi connectivity index (χ1n) is 4.06. The molecule has 14 heavy (non-hydrogen) atoms. The van der Waals surface area contributed by atoms with Gasteiger partial charge in [-0.15, -0.1) is 0 Å². The average Bonchev–Trinajstić information content (AvgIpc) is 2.02. The van der Waals surface area contributed by atoms with Crippen molar-refractivity contribution in [2.75, 3.05) is 12.4 Å². The van der Waals surface area contributed by atoms with E-state index in [-0.39, 0.29) is 17.3 Å². The largest absolute Gasteiger partial charge is 0.395 e. The monoisotopic (exact) mass is 278 g/mol. The van der Waals surface area contributed by atoms with Crippen LogP contribution in [0, 0.1) is 6.92 Å². The van der Waals surface area contributed by atoms with Crippen molar-refractivity contribution in [2.45, 2.75) is 11.8 Å². The summed E-state index contributed by atoms with van der Waals surface area (Å²) in [6.07, 6.45) is 0. The Labute approximate surface area is 91.8 Å². The van der Waals surface area contributed by atoms with Crippen LogP contribution in [0.15, 0.2) is 27.6 Å². The van der Waals surface area contributed by atoms with Gasteiger partial charge in [0.05, 0.1) is 17.3 Å². The lowest BCUT2D eigenvalue weighted by molar-refractivity contribution is 0.319. The van der Waals surface area contributed by atoms with Gasteiger partial charge in [-0.3, -0.25) is 0 Å². The van der Waals surface area contributed by atoms with E-state index in [1.165, 1.54) is 6.07 Å². The number of halogens is 1. The van der Waals surface area contributed by atoms with E-state index in [1.807, 2.05) is 13.0 Å². The predicted octanol–water partition coefficient (Wildman–Crippen LogP) is 1.52. The summed E-state index contributed by atoms with van der Waals surface area (Å²) in [4.78, 5) is 0.249. The summed E-state index contributed by atoms with van der Waals surface area (Å²) in [7, 11) is -3.34. The van der Waals surface area contributed by atoms with Crippen LogP contribution in [-0.4, -0.2) is 25.9 Å². The molecule has 0 amide bonds. The van der Waals surface area contributed by atoms with Gasteiger partial charge in [-0.25, -0.2) is 8.42 Å². The lowest BCUT2D eigenvalue weighted by atomic mass is 10.2. The van der Waals surface area contributed by atoms with Crippen molar-refractivity contribution >= 4 is 25.8 Å². The summed E-state index contributed by atoms with van der Waals surface area (Å²) in [5.41, 5.74) is 0.871. The Morgan fingerprint density at radius 1 is 1.36 bits per heavy atom. The fourth-order valence-corrected chi connectivity index (χ4v) is 3.03. The number of sulfone groups is 1. The smallest absolute Gasteiger partial charge is 0.180 e. The van der Waals surface area contributed by atoms with Crippen LogP contribution < -0.4 is 0 Å². The normalized spacial score (nSPS) is 11.6. The zero-order valence-electron chi connectivity index (χ0n) is 7.70. The SMILES string of the molecule is Cc1cc(Br)cc(S(=O)(=O)CCO)c1. The van der Waals surface area contributed by atoms with Gasteiger partial charge in [0, 0.05) is 4.47 Å². The van der Waals surface area contributed by atoms with Crippen LogP contribution in [0.2, 0.25) is 0 Å². The van der Waals surface area contributed by atoms with E-state index < -0.39 is 9.84 Å². The Bertz CT molecular complexity index is 405. The molecule has 78 valence electrons. The molecule has 0 aromatic heterocycles. The molecular weight excluding hydrogens is 268 g/mol. The molecule has 0 radical (unpaired) electrons. The number of aliphatic hydroxyl groups is 1. The van der Waals surface area contributed by atoms with Crippen molar-refractivity contribution in [1.29, 1.82) is 0 Å². The highest BCUT2D eigenvalue weighted by Gasteiger charge is 2.14. The van der Waals surface area contributed by atoms with Crippen LogP contribution in [0.5, 0.6) is 0 Å². The van der Waals surface area contributed by atoms with E-state index in [0.29, 0.717) is 0 Å². The summed E-state index contributed by atoms with van der Waals surface area (Å²) in [5, 5.41) is 8.61. The van der Waals surface area contributed by atoms with E-state index in [4.69, 9.17) is 5.11 Å². The number of hydrogen-bond acceptors (Lipinski definition) is 3. The molecule has 0 aliphatic rings. The van der Waals surface area contributed by atoms with Crippen LogP contribution in [0.25, 0.3) is 0 Å². The average molecular weight is 279 g/mol. The minimum atomic E-state index is -3.34. The number of aliphatic hydroxyl groups excluding tert-OH is 1. The number of rotatable bonds is 3. The Morgan fingerprint density at radius 3 is 2.50 bits per heavy atom. The van der Waals surface area contributed by atoms with Gasteiger partial charge in [-0.05, 0) is 30.7 Å². The van der Waals surface area contributed by atoms with Crippen molar-refractivity contribution in [1.82, 2.24) is 0 Å². The van der Waals surface area contributed by atoms with Gasteiger partial charge < -0.3 is 5.11 Å². The highest BCUT2D eigenvalue weighted by Crippen LogP contribution is 2.19. The second-order valence-electron chi connectivity index (χ2n) is 3.01. The van der Waals surface area contributed by atoms with E-state index in [2.05, 4.69) is 15.9 Å². The minimum Gasteiger partial charge on any atom is -0.395 e. The molecule has 0 atom stereocenters. The summed E-state index contributed by atoms with van der Waals surface area (Å²) >= 11 is 3.23. The lowest BCUT2D eigenvalue weighted by Crippen LogP contribution is -2.10. The molecule has 0 saturated carbocycles. The molecule has 0 unspecified atom stereocenters. The number of benzene rings is 1. The Balaban J connectivity index is 3.19. The van der Waals surface area contributed by atoms with Crippen LogP contribution in [0.3, 0.4) is 0 Å². The van der Waals surface area contributed by atoms with Crippen LogP contribution in [0.1, 0.15) is 5.56 Å². The van der Waals surface area contributed by atoms with Gasteiger partial charge in [0.25, 0.3) is 0 Å². The maximum absolute atomic E-state index is 11.6. The zero-order valence-corrected chi connectivity index (χ0v) is 10.1. The standard InChI is InChI=1S/C9H11BrO3S/c1-7-4-8(10)6-9(5-7)14(12,13)3-2-11/h4-6,11H,2-3H2,1H3. The quantitative estimate of drug-likeness (QED) is 0.912. The third-order valence-electron chi connectivity index (χ3n) is 1.73. The molecule has 1 N–H and O–H groups in total. The third kappa shape index (κ3) is 2.80. The molecule has 0 bridgehead atoms. The summed E-state index contributed by atoms with van der Waals surface area (Å²) in [6.45, 7) is 1.47. The van der Waals surface area contributed by atoms with E-state index >= 15 is 0 Å². The van der Waals surface area contributed by atoms with Crippen molar-refractivity contribution in [3.8, 4) is 0 Å². The third-order valence-corrected chi connectivity index (χ3v) is 3.87. The summed E-state index contributed by atoms with van der Waals surface area (Å²) in [6, 6.07) is 4.96. The van der Waals surface area contributed by atoms with Crippen molar-refractivity contribution < 1.29 is 13.5 Å². The highest BCUT2D eigenvalue weighted by atomic mass is 79.9. The van der Waals surface area contributed by atoms with Crippen molar-refractivity contribution in [3.05, 3.63) is 28.2 Å². The number of hydrogen-bond donors (Lipinski definition) is 1. The van der Waals surface area contributed by atoms with Crippen molar-refractivity contribution in [2.24, 2.45) is 0 Å². The molecule has 5 heteroatoms.